The SMILES string of the molecule is CN[C@H](CC(C)C)C(=O)N[C@H]1C(=O)N[C@@H](CC(N)=O)C(=O)N[C@H]2C(=O)N[C@@H]3C(=O)N[C@@H](C(=O)N[C@H](C(=O)O)c4cc(O)cc(O)c4-c4cc3ccc4O)[C@H](O)c3ccc(c(Cl)c3)Oc3cc2cc(c3O[C@@H]2OC(CO)[C@@H](O)[C@H](O)[C@H]2O[C@H]2C[C@](C)(N)[C@H](O)[C@H](C)O2)Oc2ccc(cc2Cl)[C@H]1O. The molecule has 7 aliphatic heterocycles. The molecule has 35 heteroatoms. The molecule has 0 spiro atoms. The number of carboxylic acids is 1. The number of hydrogen-bond acceptors (Lipinski definition) is 25. The fourth-order valence-corrected chi connectivity index (χ4v) is 12.9. The van der Waals surface area contributed by atoms with E-state index in [4.69, 9.17) is 63.1 Å². The number of primary amides is 1. The average Bonchev–Trinajstić information content (AvgIpc) is 0.775. The second-order valence-corrected chi connectivity index (χ2v) is 26.5. The van der Waals surface area contributed by atoms with Gasteiger partial charge in [0.25, 0.3) is 0 Å². The van der Waals surface area contributed by atoms with E-state index < -0.39 is 237 Å². The molecule has 5 aromatic rings. The maximum Gasteiger partial charge on any atom is 0.330 e. The van der Waals surface area contributed by atoms with Crippen LogP contribution in [0.2, 0.25) is 10.0 Å². The zero-order chi connectivity index (χ0) is 73.5. The fourth-order valence-electron chi connectivity index (χ4n) is 12.5. The summed E-state index contributed by atoms with van der Waals surface area (Å²) in [5, 5.41) is 131. The van der Waals surface area contributed by atoms with Crippen molar-refractivity contribution in [1.29, 1.82) is 0 Å². The quantitative estimate of drug-likeness (QED) is 0.0743. The lowest BCUT2D eigenvalue weighted by molar-refractivity contribution is -0.333. The average molecular weight is 1450 g/mol. The first-order valence-electron chi connectivity index (χ1n) is 31.6. The van der Waals surface area contributed by atoms with E-state index in [9.17, 15) is 75.0 Å². The topological polar surface area (TPSA) is 530 Å². The Hall–Kier alpha value is -9.20. The van der Waals surface area contributed by atoms with Gasteiger partial charge in [0.15, 0.2) is 29.9 Å². The number of carbonyl (C=O) groups is 8. The summed E-state index contributed by atoms with van der Waals surface area (Å²) < 4.78 is 38.3. The molecule has 7 aliphatic rings. The number of halogens is 2. The predicted molar refractivity (Wildman–Crippen MR) is 349 cm³/mol. The van der Waals surface area contributed by atoms with Gasteiger partial charge in [0.05, 0.1) is 41.3 Å². The molecule has 0 radical (unpaired) electrons. The molecule has 12 rings (SSSR count). The Morgan fingerprint density at radius 3 is 1.90 bits per heavy atom. The van der Waals surface area contributed by atoms with E-state index >= 15 is 14.4 Å². The van der Waals surface area contributed by atoms with E-state index in [0.29, 0.717) is 0 Å². The summed E-state index contributed by atoms with van der Waals surface area (Å²) in [4.78, 5) is 117. The molecule has 7 heterocycles. The van der Waals surface area contributed by atoms with Crippen LogP contribution in [0.5, 0.6) is 46.0 Å². The summed E-state index contributed by atoms with van der Waals surface area (Å²) in [7, 11) is 1.47. The molecule has 5 aromatic carbocycles. The van der Waals surface area contributed by atoms with Crippen molar-refractivity contribution in [2.45, 2.75) is 156 Å². The number of ether oxygens (including phenoxy) is 6. The van der Waals surface area contributed by atoms with Gasteiger partial charge >= 0.3 is 5.97 Å². The first-order chi connectivity index (χ1) is 47.7. The number of fused-ring (bicyclic) bond motifs is 15. The van der Waals surface area contributed by atoms with Gasteiger partial charge in [-0.05, 0) is 110 Å². The Kier molecular flexibility index (Phi) is 22.2. The van der Waals surface area contributed by atoms with Crippen LogP contribution in [-0.2, 0) is 52.6 Å². The van der Waals surface area contributed by atoms with Gasteiger partial charge in [0.2, 0.25) is 53.4 Å². The lowest BCUT2D eigenvalue weighted by Crippen LogP contribution is -2.64. The summed E-state index contributed by atoms with van der Waals surface area (Å²) in [6.45, 7) is 5.66. The van der Waals surface area contributed by atoms with E-state index in [1.165, 1.54) is 33.0 Å². The number of phenols is 3. The van der Waals surface area contributed by atoms with Crippen LogP contribution in [0.15, 0.2) is 78.9 Å². The second-order valence-electron chi connectivity index (χ2n) is 25.7. The number of phenolic OH excluding ortho intramolecular Hbond substituents is 3. The van der Waals surface area contributed by atoms with Gasteiger partial charge in [-0.3, -0.25) is 33.6 Å². The highest BCUT2D eigenvalue weighted by atomic mass is 35.5. The van der Waals surface area contributed by atoms with Crippen molar-refractivity contribution in [3.63, 3.8) is 0 Å². The zero-order valence-electron chi connectivity index (χ0n) is 54.3. The number of nitrogens with one attached hydrogen (secondary N) is 7. The van der Waals surface area contributed by atoms with Gasteiger partial charge in [-0.1, -0.05) is 55.2 Å². The standard InChI is InChI=1S/C66H75Cl2N9O24/c1-23(2)12-34(71-5)58(88)76-49-51(83)26-7-10-38(32(67)14-26)97-40-16-28-17-41(55(40)101-65-56(54(86)53(85)42(22-78)99-65)100-44-21-66(4,70)57(87)24(3)96-44)98-39-11-8-27(15-33(39)68)52(84)50-63(93)75-48(64(94)95)31-18-29(79)19-37(81)45(31)30-13-25(6-9-36(30)80)46(60(90)77-50)74-61(91)47(28)73-59(89)35(20-43(69)82)72-62(49)92/h6-11,13-19,23-24,34-35,42,44,46-54,56-57,65,71,78-81,83-87H,12,20-22,70H2,1-5H3,(H2,69,82)(H,72,92)(H,73,89)(H,74,91)(H,75,93)(H,76,88)(H,77,90)(H,94,95)/t24-,34+,35-,42?,44-,46-,47+,48-,49+,50+,51+,52+,53+,54-,56+,57+,65-,66-/m0/s1. The molecule has 0 aliphatic carbocycles. The summed E-state index contributed by atoms with van der Waals surface area (Å²) >= 11 is 14.1. The molecule has 0 saturated carbocycles. The summed E-state index contributed by atoms with van der Waals surface area (Å²) in [5.41, 5.74) is 8.00. The molecule has 33 nitrogen and oxygen atoms in total. The molecular weight excluding hydrogens is 1370 g/mol. The highest BCUT2D eigenvalue weighted by molar-refractivity contribution is 6.32. The van der Waals surface area contributed by atoms with Gasteiger partial charge in [0, 0.05) is 34.7 Å². The molecule has 1 unspecified atom stereocenters. The Morgan fingerprint density at radius 1 is 0.713 bits per heavy atom. The predicted octanol–water partition coefficient (Wildman–Crippen LogP) is 0.106. The van der Waals surface area contributed by atoms with Gasteiger partial charge in [0.1, 0.15) is 89.5 Å². The number of likely N-dealkylation sites (N-methyl/N-ethyl adjacent to an activating group) is 1. The Balaban J connectivity index is 1.24. The molecule has 542 valence electrons. The number of carbonyl (C=O) groups excluding carboxylic acids is 7. The largest absolute Gasteiger partial charge is 0.508 e. The third kappa shape index (κ3) is 15.8. The van der Waals surface area contributed by atoms with Crippen molar-refractivity contribution in [1.82, 2.24) is 37.2 Å². The van der Waals surface area contributed by atoms with E-state index in [0.717, 1.165) is 66.7 Å². The Labute approximate surface area is 584 Å². The number of rotatable bonds is 13. The van der Waals surface area contributed by atoms with Crippen molar-refractivity contribution in [3.05, 3.63) is 117 Å². The summed E-state index contributed by atoms with van der Waals surface area (Å²) in [6.07, 6.45) is -18.6. The monoisotopic (exact) mass is 1450 g/mol. The highest BCUT2D eigenvalue weighted by Crippen LogP contribution is 2.50. The number of hydrogen-bond donors (Lipinski definition) is 19. The Bertz CT molecular complexity index is 4070. The van der Waals surface area contributed by atoms with Crippen LogP contribution in [0.1, 0.15) is 105 Å². The second kappa shape index (κ2) is 30.2. The molecule has 11 bridgehead atoms. The zero-order valence-corrected chi connectivity index (χ0v) is 55.8. The lowest BCUT2D eigenvalue weighted by Gasteiger charge is -2.47. The minimum atomic E-state index is -2.35. The molecule has 2 saturated heterocycles. The van der Waals surface area contributed by atoms with Crippen LogP contribution in [0.4, 0.5) is 0 Å². The molecule has 7 amide bonds. The number of nitrogens with two attached hydrogens (primary N) is 2. The van der Waals surface area contributed by atoms with E-state index in [1.54, 1.807) is 0 Å². The summed E-state index contributed by atoms with van der Waals surface area (Å²) in [5.74, 6) is -16.0. The van der Waals surface area contributed by atoms with Gasteiger partial charge in [-0.25, -0.2) is 4.79 Å². The number of benzene rings is 5. The number of aliphatic carboxylic acids is 1. The molecule has 101 heavy (non-hydrogen) atoms. The molecule has 21 N–H and O–H groups in total. The van der Waals surface area contributed by atoms with E-state index in [1.807, 2.05) is 13.8 Å². The molecule has 2 fully saturated rings. The minimum Gasteiger partial charge on any atom is -0.508 e. The van der Waals surface area contributed by atoms with Crippen LogP contribution in [0.3, 0.4) is 0 Å². The lowest BCUT2D eigenvalue weighted by atomic mass is 9.86. The van der Waals surface area contributed by atoms with Gasteiger partial charge in [-0.15, -0.1) is 0 Å². The van der Waals surface area contributed by atoms with Crippen LogP contribution in [0.25, 0.3) is 11.1 Å². The van der Waals surface area contributed by atoms with Crippen LogP contribution in [-0.4, -0.2) is 191 Å². The third-order valence-electron chi connectivity index (χ3n) is 17.8. The van der Waals surface area contributed by atoms with Crippen molar-refractivity contribution in [2.75, 3.05) is 13.7 Å². The first kappa shape index (κ1) is 74.5. The fraction of sp³-hybridized carbons (Fsp3) is 0.424. The smallest absolute Gasteiger partial charge is 0.330 e. The number of aromatic hydroxyl groups is 3. The van der Waals surface area contributed by atoms with E-state index in [2.05, 4.69) is 37.2 Å². The number of aliphatic hydroxyl groups excluding tert-OH is 6. The molecular formula is C66H75Cl2N9O24. The number of carboxylic acid groups (broad SMARTS) is 1. The van der Waals surface area contributed by atoms with Crippen molar-refractivity contribution in [3.8, 4) is 57.1 Å². The van der Waals surface area contributed by atoms with Gasteiger partial charge in [-0.2, -0.15) is 0 Å². The van der Waals surface area contributed by atoms with Crippen molar-refractivity contribution in [2.24, 2.45) is 17.4 Å². The van der Waals surface area contributed by atoms with E-state index in [-0.39, 0.29) is 46.2 Å². The normalized spacial score (nSPS) is 29.4. The third-order valence-corrected chi connectivity index (χ3v) is 18.4. The molecule has 18 atom stereocenters. The summed E-state index contributed by atoms with van der Waals surface area (Å²) in [6, 6.07) is -0.679. The van der Waals surface area contributed by atoms with Crippen molar-refractivity contribution >= 4 is 70.5 Å². The number of aliphatic hydroxyl groups is 6. The number of amides is 7. The van der Waals surface area contributed by atoms with Crippen LogP contribution in [0, 0.1) is 5.92 Å². The molecule has 0 aromatic heterocycles. The van der Waals surface area contributed by atoms with Crippen LogP contribution >= 0.6 is 23.2 Å². The van der Waals surface area contributed by atoms with Crippen LogP contribution < -0.4 is 62.9 Å². The maximum absolute atomic E-state index is 16.0. The highest BCUT2D eigenvalue weighted by Gasteiger charge is 2.51. The first-order valence-corrected chi connectivity index (χ1v) is 32.4. The van der Waals surface area contributed by atoms with Crippen molar-refractivity contribution < 1.29 is 118 Å². The minimum absolute atomic E-state index is 0.0975. The maximum atomic E-state index is 16.0. The van der Waals surface area contributed by atoms with Gasteiger partial charge < -0.3 is 128 Å². The Morgan fingerprint density at radius 2 is 1.32 bits per heavy atom.